The molecule has 2 aromatic rings. The van der Waals surface area contributed by atoms with Crippen LogP contribution < -0.4 is 15.8 Å². The number of nitrogens with two attached hydrogens (primary N) is 1. The Bertz CT molecular complexity index is 678. The van der Waals surface area contributed by atoms with Crippen molar-refractivity contribution < 1.29 is 9.53 Å². The van der Waals surface area contributed by atoms with Gasteiger partial charge in [0.25, 0.3) is 5.91 Å². The second-order valence-electron chi connectivity index (χ2n) is 6.01. The number of benzene rings is 2. The third-order valence-corrected chi connectivity index (χ3v) is 3.61. The lowest BCUT2D eigenvalue weighted by molar-refractivity contribution is 0.0939. The fraction of sp³-hybridized carbons (Fsp3) is 0.316. The number of aryl methyl sites for hydroxylation is 1. The summed E-state index contributed by atoms with van der Waals surface area (Å²) in [7, 11) is 0. The molecule has 0 radical (unpaired) electrons. The second-order valence-corrected chi connectivity index (χ2v) is 6.01. The van der Waals surface area contributed by atoms with Crippen LogP contribution in [0.3, 0.4) is 0 Å². The standard InChI is InChI=1S/C19H24N2O2/c1-12(2)23-17-9-6-15(7-10-17)14(4)21-19(22)18-11-16(20)8-5-13(18)3/h5-12,14H,20H2,1-4H3,(H,21,22). The molecule has 0 bridgehead atoms. The average molecular weight is 312 g/mol. The minimum absolute atomic E-state index is 0.101. The van der Waals surface area contributed by atoms with Crippen LogP contribution in [0.15, 0.2) is 42.5 Å². The summed E-state index contributed by atoms with van der Waals surface area (Å²) < 4.78 is 5.63. The van der Waals surface area contributed by atoms with E-state index in [9.17, 15) is 4.79 Å². The summed E-state index contributed by atoms with van der Waals surface area (Å²) in [6, 6.07) is 13.0. The molecule has 23 heavy (non-hydrogen) atoms. The molecule has 0 saturated heterocycles. The summed E-state index contributed by atoms with van der Waals surface area (Å²) in [5.74, 6) is 0.707. The molecule has 0 heterocycles. The van der Waals surface area contributed by atoms with Gasteiger partial charge in [-0.25, -0.2) is 0 Å². The topological polar surface area (TPSA) is 64.4 Å². The first-order valence-corrected chi connectivity index (χ1v) is 7.80. The van der Waals surface area contributed by atoms with E-state index in [-0.39, 0.29) is 18.1 Å². The lowest BCUT2D eigenvalue weighted by Gasteiger charge is -2.17. The van der Waals surface area contributed by atoms with Gasteiger partial charge in [-0.2, -0.15) is 0 Å². The monoisotopic (exact) mass is 312 g/mol. The summed E-state index contributed by atoms with van der Waals surface area (Å²) in [5.41, 5.74) is 8.90. The van der Waals surface area contributed by atoms with Gasteiger partial charge in [-0.1, -0.05) is 18.2 Å². The fourth-order valence-electron chi connectivity index (χ4n) is 2.35. The van der Waals surface area contributed by atoms with Crippen molar-refractivity contribution in [1.82, 2.24) is 5.32 Å². The highest BCUT2D eigenvalue weighted by atomic mass is 16.5. The molecule has 1 atom stereocenters. The Hall–Kier alpha value is -2.49. The highest BCUT2D eigenvalue weighted by Gasteiger charge is 2.14. The first kappa shape index (κ1) is 16.9. The van der Waals surface area contributed by atoms with E-state index in [1.54, 1.807) is 12.1 Å². The zero-order chi connectivity index (χ0) is 17.0. The van der Waals surface area contributed by atoms with Crippen LogP contribution in [0.1, 0.15) is 48.3 Å². The first-order chi connectivity index (χ1) is 10.9. The van der Waals surface area contributed by atoms with Crippen molar-refractivity contribution in [2.45, 2.75) is 39.8 Å². The van der Waals surface area contributed by atoms with Crippen LogP contribution >= 0.6 is 0 Å². The number of ether oxygens (including phenoxy) is 1. The highest BCUT2D eigenvalue weighted by molar-refractivity contribution is 5.96. The van der Waals surface area contributed by atoms with E-state index in [0.717, 1.165) is 16.9 Å². The van der Waals surface area contributed by atoms with E-state index in [1.165, 1.54) is 0 Å². The quantitative estimate of drug-likeness (QED) is 0.824. The van der Waals surface area contributed by atoms with Crippen LogP contribution in [0.4, 0.5) is 5.69 Å². The van der Waals surface area contributed by atoms with Crippen LogP contribution in [-0.4, -0.2) is 12.0 Å². The molecule has 0 aliphatic carbocycles. The van der Waals surface area contributed by atoms with Gasteiger partial charge in [0.1, 0.15) is 5.75 Å². The van der Waals surface area contributed by atoms with E-state index in [2.05, 4.69) is 5.32 Å². The first-order valence-electron chi connectivity index (χ1n) is 7.80. The summed E-state index contributed by atoms with van der Waals surface area (Å²) in [5, 5.41) is 3.01. The maximum absolute atomic E-state index is 12.4. The predicted octanol–water partition coefficient (Wildman–Crippen LogP) is 3.86. The highest BCUT2D eigenvalue weighted by Crippen LogP contribution is 2.20. The minimum Gasteiger partial charge on any atom is -0.491 e. The fourth-order valence-corrected chi connectivity index (χ4v) is 2.35. The SMILES string of the molecule is Cc1ccc(N)cc1C(=O)NC(C)c1ccc(OC(C)C)cc1. The summed E-state index contributed by atoms with van der Waals surface area (Å²) in [4.78, 5) is 12.4. The van der Waals surface area contributed by atoms with Crippen molar-refractivity contribution in [3.8, 4) is 5.75 Å². The molecule has 122 valence electrons. The molecule has 0 fully saturated rings. The van der Waals surface area contributed by atoms with Crippen molar-refractivity contribution in [3.63, 3.8) is 0 Å². The number of hydrogen-bond acceptors (Lipinski definition) is 3. The van der Waals surface area contributed by atoms with Gasteiger partial charge in [-0.15, -0.1) is 0 Å². The Labute approximate surface area is 137 Å². The van der Waals surface area contributed by atoms with Crippen molar-refractivity contribution in [2.24, 2.45) is 0 Å². The van der Waals surface area contributed by atoms with Crippen LogP contribution in [0.25, 0.3) is 0 Å². The van der Waals surface area contributed by atoms with Crippen LogP contribution in [0, 0.1) is 6.92 Å². The minimum atomic E-state index is -0.121. The lowest BCUT2D eigenvalue weighted by atomic mass is 10.0. The van der Waals surface area contributed by atoms with Gasteiger partial charge < -0.3 is 15.8 Å². The maximum atomic E-state index is 12.4. The van der Waals surface area contributed by atoms with Crippen LogP contribution in [0.5, 0.6) is 5.75 Å². The normalized spacial score (nSPS) is 12.0. The van der Waals surface area contributed by atoms with Crippen molar-refractivity contribution in [1.29, 1.82) is 0 Å². The van der Waals surface area contributed by atoms with Gasteiger partial charge in [0, 0.05) is 11.3 Å². The largest absolute Gasteiger partial charge is 0.491 e. The average Bonchev–Trinajstić information content (AvgIpc) is 2.49. The molecule has 2 rings (SSSR count). The van der Waals surface area contributed by atoms with E-state index >= 15 is 0 Å². The molecule has 0 spiro atoms. The zero-order valence-electron chi connectivity index (χ0n) is 14.1. The molecule has 4 nitrogen and oxygen atoms in total. The summed E-state index contributed by atoms with van der Waals surface area (Å²) >= 11 is 0. The van der Waals surface area contributed by atoms with Crippen molar-refractivity contribution >= 4 is 11.6 Å². The van der Waals surface area contributed by atoms with Gasteiger partial charge in [0.2, 0.25) is 0 Å². The van der Waals surface area contributed by atoms with Gasteiger partial charge in [-0.3, -0.25) is 4.79 Å². The third kappa shape index (κ3) is 4.49. The molecule has 4 heteroatoms. The summed E-state index contributed by atoms with van der Waals surface area (Å²) in [6.45, 7) is 7.84. The lowest BCUT2D eigenvalue weighted by Crippen LogP contribution is -2.27. The molecule has 0 saturated carbocycles. The van der Waals surface area contributed by atoms with Gasteiger partial charge in [0.05, 0.1) is 12.1 Å². The van der Waals surface area contributed by atoms with Gasteiger partial charge in [0.15, 0.2) is 0 Å². The van der Waals surface area contributed by atoms with Gasteiger partial charge in [-0.05, 0) is 63.1 Å². The maximum Gasteiger partial charge on any atom is 0.252 e. The molecular formula is C19H24N2O2. The van der Waals surface area contributed by atoms with E-state index in [1.807, 2.05) is 58.0 Å². The van der Waals surface area contributed by atoms with Crippen LogP contribution in [0.2, 0.25) is 0 Å². The number of carbonyl (C=O) groups is 1. The number of carbonyl (C=O) groups excluding carboxylic acids is 1. The molecule has 0 aliphatic rings. The Morgan fingerprint density at radius 1 is 1.09 bits per heavy atom. The number of rotatable bonds is 5. The van der Waals surface area contributed by atoms with Crippen LogP contribution in [-0.2, 0) is 0 Å². The Balaban J connectivity index is 2.07. The molecule has 2 aromatic carbocycles. The molecule has 0 aromatic heterocycles. The predicted molar refractivity (Wildman–Crippen MR) is 93.7 cm³/mol. The van der Waals surface area contributed by atoms with E-state index < -0.39 is 0 Å². The van der Waals surface area contributed by atoms with E-state index in [0.29, 0.717) is 11.3 Å². The van der Waals surface area contributed by atoms with E-state index in [4.69, 9.17) is 10.5 Å². The Kier molecular flexibility index (Phi) is 5.27. The molecule has 0 aliphatic heterocycles. The summed E-state index contributed by atoms with van der Waals surface area (Å²) in [6.07, 6.45) is 0.143. The number of nitrogen functional groups attached to an aromatic ring is 1. The van der Waals surface area contributed by atoms with Gasteiger partial charge >= 0.3 is 0 Å². The number of nitrogens with one attached hydrogen (secondary N) is 1. The molecule has 1 amide bonds. The molecular weight excluding hydrogens is 288 g/mol. The Morgan fingerprint density at radius 2 is 1.74 bits per heavy atom. The Morgan fingerprint density at radius 3 is 2.35 bits per heavy atom. The number of hydrogen-bond donors (Lipinski definition) is 2. The number of amides is 1. The number of anilines is 1. The second kappa shape index (κ2) is 7.18. The third-order valence-electron chi connectivity index (χ3n) is 3.61. The smallest absolute Gasteiger partial charge is 0.252 e. The van der Waals surface area contributed by atoms with Crippen molar-refractivity contribution in [2.75, 3.05) is 5.73 Å². The van der Waals surface area contributed by atoms with Crippen molar-refractivity contribution in [3.05, 3.63) is 59.2 Å². The molecule has 1 unspecified atom stereocenters. The molecule has 3 N–H and O–H groups in total. The zero-order valence-corrected chi connectivity index (χ0v) is 14.1.